The molecule has 3 aromatic rings. The molecule has 174 valence electrons. The molecule has 0 heterocycles. The Morgan fingerprint density at radius 1 is 0.706 bits per heavy atom. The fourth-order valence-electron chi connectivity index (χ4n) is 3.18. The number of hydrogen-bond donors (Lipinski definition) is 5. The van der Waals surface area contributed by atoms with Crippen molar-refractivity contribution in [2.75, 3.05) is 10.6 Å². The van der Waals surface area contributed by atoms with Crippen LogP contribution >= 0.6 is 0 Å². The van der Waals surface area contributed by atoms with E-state index in [1.807, 2.05) is 24.3 Å². The maximum absolute atomic E-state index is 11.3. The Bertz CT molecular complexity index is 1220. The minimum atomic E-state index is -1.23. The number of carboxylic acid groups (broad SMARTS) is 3. The van der Waals surface area contributed by atoms with Gasteiger partial charge in [0.05, 0.1) is 16.7 Å². The highest BCUT2D eigenvalue weighted by Crippen LogP contribution is 2.22. The zero-order chi connectivity index (χ0) is 24.7. The number of aromatic carboxylic acids is 3. The van der Waals surface area contributed by atoms with E-state index in [0.29, 0.717) is 24.5 Å². The molecule has 0 aliphatic carbocycles. The number of carbonyl (C=O) groups is 4. The molecule has 0 saturated heterocycles. The van der Waals surface area contributed by atoms with Crippen molar-refractivity contribution in [3.63, 3.8) is 0 Å². The highest BCUT2D eigenvalue weighted by molar-refractivity contribution is 5.95. The lowest BCUT2D eigenvalue weighted by Crippen LogP contribution is -2.07. The van der Waals surface area contributed by atoms with Crippen LogP contribution in [0, 0.1) is 0 Å². The third-order valence-electron chi connectivity index (χ3n) is 4.75. The second-order valence-corrected chi connectivity index (χ2v) is 7.20. The van der Waals surface area contributed by atoms with Gasteiger partial charge in [0.25, 0.3) is 6.47 Å². The van der Waals surface area contributed by atoms with Gasteiger partial charge in [-0.1, -0.05) is 24.3 Å². The summed E-state index contributed by atoms with van der Waals surface area (Å²) < 4.78 is 4.76. The van der Waals surface area contributed by atoms with Crippen LogP contribution in [0.1, 0.15) is 42.2 Å². The van der Waals surface area contributed by atoms with Crippen molar-refractivity contribution >= 4 is 35.8 Å². The summed E-state index contributed by atoms with van der Waals surface area (Å²) in [5.74, 6) is -3.52. The third kappa shape index (κ3) is 6.33. The number of ether oxygens (including phenoxy) is 1. The van der Waals surface area contributed by atoms with Crippen LogP contribution in [0.15, 0.2) is 60.7 Å². The van der Waals surface area contributed by atoms with Crippen LogP contribution in [-0.4, -0.2) is 39.7 Å². The predicted octanol–water partition coefficient (Wildman–Crippen LogP) is 3.54. The van der Waals surface area contributed by atoms with Gasteiger partial charge in [0.2, 0.25) is 0 Å². The van der Waals surface area contributed by atoms with Gasteiger partial charge in [0, 0.05) is 30.5 Å². The van der Waals surface area contributed by atoms with Crippen LogP contribution in [0.5, 0.6) is 5.75 Å². The average Bonchev–Trinajstić information content (AvgIpc) is 2.81. The lowest BCUT2D eigenvalue weighted by Gasteiger charge is -2.12. The van der Waals surface area contributed by atoms with E-state index < -0.39 is 17.9 Å². The van der Waals surface area contributed by atoms with Crippen LogP contribution in [0.2, 0.25) is 0 Å². The maximum atomic E-state index is 11.3. The van der Waals surface area contributed by atoms with Crippen LogP contribution in [0.25, 0.3) is 0 Å². The highest BCUT2D eigenvalue weighted by Gasteiger charge is 2.12. The van der Waals surface area contributed by atoms with E-state index in [1.54, 1.807) is 0 Å². The molecule has 0 fully saturated rings. The lowest BCUT2D eigenvalue weighted by atomic mass is 10.1. The van der Waals surface area contributed by atoms with Gasteiger partial charge in [-0.3, -0.25) is 4.79 Å². The summed E-state index contributed by atoms with van der Waals surface area (Å²) in [4.78, 5) is 44.4. The van der Waals surface area contributed by atoms with Crippen LogP contribution in [0.4, 0.5) is 11.4 Å². The van der Waals surface area contributed by atoms with Crippen molar-refractivity contribution < 1.29 is 39.2 Å². The minimum Gasteiger partial charge on any atom is -0.478 e. The van der Waals surface area contributed by atoms with Crippen LogP contribution in [0.3, 0.4) is 0 Å². The van der Waals surface area contributed by atoms with Gasteiger partial charge in [-0.2, -0.15) is 0 Å². The molecule has 0 saturated carbocycles. The zero-order valence-corrected chi connectivity index (χ0v) is 17.6. The molecule has 10 heteroatoms. The Kier molecular flexibility index (Phi) is 7.45. The topological polar surface area (TPSA) is 162 Å². The monoisotopic (exact) mass is 464 g/mol. The molecular formula is C24H20N2O8. The Labute approximate surface area is 193 Å². The molecule has 0 bridgehead atoms. The second-order valence-electron chi connectivity index (χ2n) is 7.20. The molecule has 0 unspecified atom stereocenters. The number of anilines is 2. The van der Waals surface area contributed by atoms with Gasteiger partial charge >= 0.3 is 17.9 Å². The molecule has 10 nitrogen and oxygen atoms in total. The van der Waals surface area contributed by atoms with Gasteiger partial charge in [-0.05, 0) is 41.5 Å². The third-order valence-corrected chi connectivity index (χ3v) is 4.75. The summed E-state index contributed by atoms with van der Waals surface area (Å²) in [6, 6.07) is 15.4. The molecule has 0 aromatic heterocycles. The van der Waals surface area contributed by atoms with Gasteiger partial charge < -0.3 is 30.7 Å². The molecule has 0 aliphatic rings. The largest absolute Gasteiger partial charge is 0.478 e. The quantitative estimate of drug-likeness (QED) is 0.265. The summed E-state index contributed by atoms with van der Waals surface area (Å²) in [6.45, 7) is 0.865. The Morgan fingerprint density at radius 2 is 1.18 bits per heavy atom. The number of nitrogens with one attached hydrogen (secondary N) is 2. The SMILES string of the molecule is O=COc1cc(NCc2cccc(CNc3cc(C(=O)O)cc(C(=O)O)c3)c2)cc(C(=O)O)c1. The standard InChI is InChI=1S/C24H20N2O8/c27-13-34-21-9-18(24(32)33)8-20(10-21)26-12-15-3-1-2-14(4-15)11-25-19-6-16(22(28)29)5-17(7-19)23(30)31/h1-10,13,25-26H,11-12H2,(H,28,29)(H,30,31)(H,32,33). The maximum Gasteiger partial charge on any atom is 0.335 e. The summed E-state index contributed by atoms with van der Waals surface area (Å²) in [5.41, 5.74) is 2.21. The van der Waals surface area contributed by atoms with Crippen LogP contribution < -0.4 is 15.4 Å². The minimum absolute atomic E-state index is 0.0378. The number of rotatable bonds is 11. The average molecular weight is 464 g/mol. The van der Waals surface area contributed by atoms with Crippen molar-refractivity contribution in [1.82, 2.24) is 0 Å². The Balaban J connectivity index is 1.70. The number of carboxylic acids is 3. The Hall–Kier alpha value is -4.86. The summed E-state index contributed by atoms with van der Waals surface area (Å²) >= 11 is 0. The summed E-state index contributed by atoms with van der Waals surface area (Å²) in [7, 11) is 0. The molecule has 3 aromatic carbocycles. The van der Waals surface area contributed by atoms with E-state index in [2.05, 4.69) is 10.6 Å². The lowest BCUT2D eigenvalue weighted by molar-refractivity contribution is -0.120. The van der Waals surface area contributed by atoms with Crippen molar-refractivity contribution in [3.8, 4) is 5.75 Å². The van der Waals surface area contributed by atoms with E-state index in [-0.39, 0.29) is 28.9 Å². The van der Waals surface area contributed by atoms with Crippen molar-refractivity contribution in [2.24, 2.45) is 0 Å². The predicted molar refractivity (Wildman–Crippen MR) is 122 cm³/mol. The smallest absolute Gasteiger partial charge is 0.335 e. The molecule has 0 radical (unpaired) electrons. The fourth-order valence-corrected chi connectivity index (χ4v) is 3.18. The molecule has 3 rings (SSSR count). The first kappa shape index (κ1) is 23.8. The summed E-state index contributed by atoms with van der Waals surface area (Å²) in [5, 5.41) is 33.7. The number of carbonyl (C=O) groups excluding carboxylic acids is 1. The van der Waals surface area contributed by atoms with Crippen molar-refractivity contribution in [2.45, 2.75) is 13.1 Å². The van der Waals surface area contributed by atoms with E-state index in [0.717, 1.165) is 17.2 Å². The second kappa shape index (κ2) is 10.6. The zero-order valence-electron chi connectivity index (χ0n) is 17.6. The van der Waals surface area contributed by atoms with E-state index >= 15 is 0 Å². The number of benzene rings is 3. The highest BCUT2D eigenvalue weighted by atomic mass is 16.5. The molecule has 5 N–H and O–H groups in total. The van der Waals surface area contributed by atoms with Gasteiger partial charge in [-0.15, -0.1) is 0 Å². The van der Waals surface area contributed by atoms with E-state index in [4.69, 9.17) is 4.74 Å². The molecule has 0 aliphatic heterocycles. The first-order chi connectivity index (χ1) is 16.2. The van der Waals surface area contributed by atoms with Gasteiger partial charge in [-0.25, -0.2) is 14.4 Å². The molecular weight excluding hydrogens is 444 g/mol. The molecule has 0 amide bonds. The van der Waals surface area contributed by atoms with Gasteiger partial charge in [0.1, 0.15) is 5.75 Å². The first-order valence-electron chi connectivity index (χ1n) is 9.91. The Morgan fingerprint density at radius 3 is 1.65 bits per heavy atom. The van der Waals surface area contributed by atoms with Crippen molar-refractivity contribution in [1.29, 1.82) is 0 Å². The fraction of sp³-hybridized carbons (Fsp3) is 0.0833. The normalized spacial score (nSPS) is 10.2. The molecule has 0 atom stereocenters. The van der Waals surface area contributed by atoms with Gasteiger partial charge in [0.15, 0.2) is 0 Å². The first-order valence-corrected chi connectivity index (χ1v) is 9.91. The summed E-state index contributed by atoms with van der Waals surface area (Å²) in [6.07, 6.45) is 0. The van der Waals surface area contributed by atoms with Crippen LogP contribution in [-0.2, 0) is 17.9 Å². The van der Waals surface area contributed by atoms with E-state index in [1.165, 1.54) is 30.3 Å². The molecule has 0 spiro atoms. The van der Waals surface area contributed by atoms with E-state index in [9.17, 15) is 34.5 Å². The molecule has 34 heavy (non-hydrogen) atoms. The van der Waals surface area contributed by atoms with Crippen molar-refractivity contribution in [3.05, 3.63) is 88.5 Å². The number of hydrogen-bond acceptors (Lipinski definition) is 7.